The second-order valence-electron chi connectivity index (χ2n) is 8.83. The molecule has 0 aliphatic heterocycles. The fraction of sp³-hybridized carbons (Fsp3) is 0.0690. The van der Waals surface area contributed by atoms with Crippen LogP contribution in [0.4, 0.5) is 0 Å². The van der Waals surface area contributed by atoms with Crippen molar-refractivity contribution in [1.29, 1.82) is 0 Å². The lowest BCUT2D eigenvalue weighted by Gasteiger charge is -2.07. The first-order valence-corrected chi connectivity index (χ1v) is 14.9. The zero-order chi connectivity index (χ0) is 29.8. The van der Waals surface area contributed by atoms with Gasteiger partial charge in [0.05, 0.1) is 20.9 Å². The van der Waals surface area contributed by atoms with Gasteiger partial charge in [-0.1, -0.05) is 35.4 Å². The highest BCUT2D eigenvalue weighted by Crippen LogP contribution is 2.25. The molecule has 4 aromatic carbocycles. The Morgan fingerprint density at radius 3 is 1.17 bits per heavy atom. The van der Waals surface area contributed by atoms with Gasteiger partial charge >= 0.3 is 16.3 Å². The summed E-state index contributed by atoms with van der Waals surface area (Å²) in [6.07, 6.45) is 0. The number of hydrogen-bond donors (Lipinski definition) is 0. The molecule has 208 valence electrons. The number of aryl methyl sites for hydroxylation is 2. The molecule has 0 heterocycles. The Morgan fingerprint density at radius 1 is 0.561 bits per heavy atom. The molecular formula is C29H22N2O8S2. The summed E-state index contributed by atoms with van der Waals surface area (Å²) in [7, 11) is -9.68. The molecule has 10 nitrogen and oxygen atoms in total. The molecule has 4 aromatic rings. The van der Waals surface area contributed by atoms with Crippen LogP contribution in [0.15, 0.2) is 107 Å². The van der Waals surface area contributed by atoms with E-state index >= 15 is 0 Å². The number of rotatable bonds is 6. The molecule has 0 aliphatic rings. The van der Waals surface area contributed by atoms with Crippen LogP contribution in [0.3, 0.4) is 0 Å². The lowest BCUT2D eigenvalue weighted by atomic mass is 10.1. The van der Waals surface area contributed by atoms with Gasteiger partial charge in [-0.05, 0) is 86.6 Å². The molecule has 0 fully saturated rings. The van der Waals surface area contributed by atoms with Crippen LogP contribution in [0.5, 0.6) is 11.5 Å². The predicted octanol–water partition coefficient (Wildman–Crippen LogP) is 4.58. The number of ether oxygens (including phenoxy) is 2. The van der Waals surface area contributed by atoms with Gasteiger partial charge in [-0.15, -0.1) is 4.79 Å². The number of carbonyl (C=O) groups excluding carboxylic acids is 2. The van der Waals surface area contributed by atoms with Crippen LogP contribution in [0.1, 0.15) is 31.8 Å². The maximum Gasteiger partial charge on any atom is 0.504 e. The number of esters is 2. The minimum atomic E-state index is -4.84. The first-order chi connectivity index (χ1) is 19.4. The summed E-state index contributed by atoms with van der Waals surface area (Å²) in [6.45, 7) is 3.72. The fourth-order valence-corrected chi connectivity index (χ4v) is 6.88. The fourth-order valence-electron chi connectivity index (χ4n) is 3.54. The van der Waals surface area contributed by atoms with E-state index in [9.17, 15) is 32.0 Å². The number of hydrogen-bond acceptors (Lipinski definition) is 8. The van der Waals surface area contributed by atoms with Gasteiger partial charge < -0.3 is 15.0 Å². The molecule has 0 spiro atoms. The van der Waals surface area contributed by atoms with E-state index in [1.807, 2.05) is 13.8 Å². The van der Waals surface area contributed by atoms with E-state index in [4.69, 9.17) is 9.47 Å². The lowest BCUT2D eigenvalue weighted by molar-refractivity contribution is 0.00379. The molecular weight excluding hydrogens is 568 g/mol. The molecule has 4 rings (SSSR count). The Kier molecular flexibility index (Phi) is 8.29. The molecule has 0 N–H and O–H groups in total. The molecule has 0 aliphatic carbocycles. The van der Waals surface area contributed by atoms with Crippen molar-refractivity contribution in [3.05, 3.63) is 125 Å². The summed E-state index contributed by atoms with van der Waals surface area (Å²) in [5.41, 5.74) is 11.9. The standard InChI is InChI=1S/C29H22N2O8S2/c1-19-3-7-21(8-4-19)27(32)38-23-11-15-25(16-12-23)40(34,35)29(31-30)41(36,37)26-17-13-24(14-18-26)39-28(33)22-9-5-20(2)6-10-22/h3-18H,1-2H3. The molecule has 0 amide bonds. The van der Waals surface area contributed by atoms with Crippen molar-refractivity contribution in [3.8, 4) is 11.5 Å². The Balaban J connectivity index is 1.51. The van der Waals surface area contributed by atoms with Crippen LogP contribution in [0.25, 0.3) is 5.53 Å². The quantitative estimate of drug-likeness (QED) is 0.0789. The van der Waals surface area contributed by atoms with Crippen LogP contribution < -0.4 is 9.47 Å². The van der Waals surface area contributed by atoms with Gasteiger partial charge in [-0.3, -0.25) is 0 Å². The van der Waals surface area contributed by atoms with Gasteiger partial charge in [-0.25, -0.2) is 26.4 Å². The monoisotopic (exact) mass is 590 g/mol. The molecule has 0 atom stereocenters. The molecule has 41 heavy (non-hydrogen) atoms. The van der Waals surface area contributed by atoms with Crippen LogP contribution in [-0.4, -0.2) is 37.9 Å². The van der Waals surface area contributed by atoms with Gasteiger partial charge in [0.1, 0.15) is 11.5 Å². The van der Waals surface area contributed by atoms with Crippen molar-refractivity contribution >= 4 is 36.0 Å². The van der Waals surface area contributed by atoms with Crippen molar-refractivity contribution in [2.45, 2.75) is 23.6 Å². The van der Waals surface area contributed by atoms with E-state index in [0.717, 1.165) is 59.7 Å². The first-order valence-electron chi connectivity index (χ1n) is 11.9. The second kappa shape index (κ2) is 11.7. The van der Waals surface area contributed by atoms with Gasteiger partial charge in [-0.2, -0.15) is 0 Å². The molecule has 0 radical (unpaired) electrons. The number of nitrogens with zero attached hydrogens (tertiary/aromatic N) is 2. The average Bonchev–Trinajstić information content (AvgIpc) is 2.94. The van der Waals surface area contributed by atoms with E-state index in [1.165, 1.54) is 0 Å². The molecule has 0 bridgehead atoms. The predicted molar refractivity (Wildman–Crippen MR) is 148 cm³/mol. The number of sulfone groups is 2. The Bertz CT molecular complexity index is 1740. The number of carbonyl (C=O) groups is 2. The third kappa shape index (κ3) is 6.47. The zero-order valence-electron chi connectivity index (χ0n) is 21.7. The molecule has 0 aromatic heterocycles. The summed E-state index contributed by atoms with van der Waals surface area (Å²) in [6, 6.07) is 21.9. The number of benzene rings is 4. The van der Waals surface area contributed by atoms with Crippen molar-refractivity contribution in [1.82, 2.24) is 0 Å². The van der Waals surface area contributed by atoms with Crippen LogP contribution in [0.2, 0.25) is 0 Å². The Morgan fingerprint density at radius 2 is 0.878 bits per heavy atom. The highest BCUT2D eigenvalue weighted by Gasteiger charge is 2.44. The van der Waals surface area contributed by atoms with E-state index < -0.39 is 45.8 Å². The topological polar surface area (TPSA) is 157 Å². The van der Waals surface area contributed by atoms with E-state index in [0.29, 0.717) is 0 Å². The summed E-state index contributed by atoms with van der Waals surface area (Å²) in [5, 5.41) is 0. The minimum Gasteiger partial charge on any atom is -0.423 e. The summed E-state index contributed by atoms with van der Waals surface area (Å²) in [5.74, 6) is -1.33. The molecule has 0 saturated heterocycles. The third-order valence-corrected chi connectivity index (χ3v) is 9.99. The minimum absolute atomic E-state index is 0.00985. The summed E-state index contributed by atoms with van der Waals surface area (Å²) >= 11 is 0. The summed E-state index contributed by atoms with van der Waals surface area (Å²) < 4.78 is 61.4. The van der Waals surface area contributed by atoms with Gasteiger partial charge in [0.25, 0.3) is 19.7 Å². The van der Waals surface area contributed by atoms with Crippen LogP contribution in [0, 0.1) is 13.8 Å². The normalized spacial score (nSPS) is 11.3. The average molecular weight is 591 g/mol. The van der Waals surface area contributed by atoms with Crippen molar-refractivity contribution in [3.63, 3.8) is 0 Å². The van der Waals surface area contributed by atoms with Gasteiger partial charge in [0.15, 0.2) is 0 Å². The van der Waals surface area contributed by atoms with E-state index in [1.54, 1.807) is 48.5 Å². The third-order valence-electron chi connectivity index (χ3n) is 5.81. The van der Waals surface area contributed by atoms with Gasteiger partial charge in [0, 0.05) is 0 Å². The lowest BCUT2D eigenvalue weighted by Crippen LogP contribution is -2.26. The van der Waals surface area contributed by atoms with Crippen molar-refractivity contribution < 1.29 is 40.7 Å². The summed E-state index contributed by atoms with van der Waals surface area (Å²) in [4.78, 5) is 26.2. The zero-order valence-corrected chi connectivity index (χ0v) is 23.3. The van der Waals surface area contributed by atoms with E-state index in [-0.39, 0.29) is 22.6 Å². The maximum absolute atomic E-state index is 13.1. The largest absolute Gasteiger partial charge is 0.504 e. The molecule has 12 heteroatoms. The Hall–Kier alpha value is -4.90. The second-order valence-corrected chi connectivity index (χ2v) is 12.8. The molecule has 0 unspecified atom stereocenters. The van der Waals surface area contributed by atoms with Crippen molar-refractivity contribution in [2.75, 3.05) is 0 Å². The highest BCUT2D eigenvalue weighted by atomic mass is 32.3. The SMILES string of the molecule is Cc1ccc(C(=O)Oc2ccc(S(=O)(=O)C(=[N+]=[N-])S(=O)(=O)c3ccc(OC(=O)c4ccc(C)cc4)cc3)cc2)cc1. The Labute approximate surface area is 236 Å². The maximum atomic E-state index is 13.1. The van der Waals surface area contributed by atoms with Gasteiger partial charge in [0.2, 0.25) is 0 Å². The first kappa shape index (κ1) is 29.1. The van der Waals surface area contributed by atoms with Crippen molar-refractivity contribution in [2.24, 2.45) is 0 Å². The smallest absolute Gasteiger partial charge is 0.423 e. The van der Waals surface area contributed by atoms with E-state index in [2.05, 4.69) is 4.79 Å². The van der Waals surface area contributed by atoms with Crippen LogP contribution >= 0.6 is 0 Å². The molecule has 0 saturated carbocycles. The van der Waals surface area contributed by atoms with Crippen LogP contribution in [-0.2, 0) is 19.7 Å². The highest BCUT2D eigenvalue weighted by molar-refractivity contribution is 8.31.